The summed E-state index contributed by atoms with van der Waals surface area (Å²) in [4.78, 5) is 11.8. The van der Waals surface area contributed by atoms with Gasteiger partial charge in [-0.05, 0) is 80.6 Å². The summed E-state index contributed by atoms with van der Waals surface area (Å²) in [5, 5.41) is 5.03. The lowest BCUT2D eigenvalue weighted by atomic mass is 10.0. The van der Waals surface area contributed by atoms with Gasteiger partial charge in [-0.3, -0.25) is 9.48 Å². The van der Waals surface area contributed by atoms with Crippen molar-refractivity contribution in [2.24, 2.45) is 0 Å². The van der Waals surface area contributed by atoms with Crippen molar-refractivity contribution in [1.82, 2.24) is 9.78 Å². The maximum Gasteiger partial charge on any atom is 0.306 e. The maximum atomic E-state index is 11.8. The molecule has 0 N–H and O–H groups in total. The number of hydrogen-bond acceptors (Lipinski definition) is 5. The summed E-state index contributed by atoms with van der Waals surface area (Å²) in [5.74, 6) is 1.44. The fourth-order valence-electron chi connectivity index (χ4n) is 5.15. The highest BCUT2D eigenvalue weighted by Gasteiger charge is 2.15. The molecule has 0 aliphatic heterocycles. The van der Waals surface area contributed by atoms with Crippen LogP contribution in [0.3, 0.4) is 0 Å². The van der Waals surface area contributed by atoms with Crippen molar-refractivity contribution in [1.29, 1.82) is 0 Å². The van der Waals surface area contributed by atoms with Gasteiger partial charge in [-0.15, -0.1) is 0 Å². The Morgan fingerprint density at radius 1 is 0.841 bits per heavy atom. The van der Waals surface area contributed by atoms with E-state index >= 15 is 0 Å². The Kier molecular flexibility index (Phi) is 10.1. The summed E-state index contributed by atoms with van der Waals surface area (Å²) < 4.78 is 19.6. The molecule has 0 saturated carbocycles. The number of aromatic nitrogens is 2. The van der Waals surface area contributed by atoms with Gasteiger partial charge in [0.15, 0.2) is 0 Å². The Balaban J connectivity index is 1.35. The molecule has 0 aliphatic carbocycles. The van der Waals surface area contributed by atoms with Crippen molar-refractivity contribution in [2.45, 2.75) is 59.8 Å². The summed E-state index contributed by atoms with van der Waals surface area (Å²) in [5.41, 5.74) is 8.45. The lowest BCUT2D eigenvalue weighted by molar-refractivity contribution is -0.143. The fraction of sp³-hybridized carbons (Fsp3) is 0.263. The molecule has 0 amide bonds. The number of carbonyl (C=O) groups is 1. The van der Waals surface area contributed by atoms with Crippen molar-refractivity contribution < 1.29 is 19.0 Å². The first-order valence-electron chi connectivity index (χ1n) is 15.2. The number of aryl methyl sites for hydroxylation is 2. The van der Waals surface area contributed by atoms with Crippen molar-refractivity contribution >= 4 is 5.97 Å². The van der Waals surface area contributed by atoms with Crippen LogP contribution in [0.1, 0.15) is 49.4 Å². The smallest absolute Gasteiger partial charge is 0.306 e. The second kappa shape index (κ2) is 14.6. The van der Waals surface area contributed by atoms with Crippen molar-refractivity contribution in [3.63, 3.8) is 0 Å². The predicted molar refractivity (Wildman–Crippen MR) is 175 cm³/mol. The number of nitrogens with zero attached hydrogens (tertiary/aromatic N) is 2. The quantitative estimate of drug-likeness (QED) is 0.129. The molecule has 1 heterocycles. The molecule has 6 nitrogen and oxygen atoms in total. The van der Waals surface area contributed by atoms with Gasteiger partial charge in [0.2, 0.25) is 0 Å². The SMILES string of the molecule is CCOC(=O)CCc1ccc(OCc2ccc(Cn3nc(-c4ccccc4)cc3-c3ccccc3)c(OC(C)C)c2)cc1C. The average molecular weight is 589 g/mol. The van der Waals surface area contributed by atoms with Gasteiger partial charge in [-0.1, -0.05) is 78.9 Å². The molecule has 4 aromatic carbocycles. The molecular weight excluding hydrogens is 548 g/mol. The minimum Gasteiger partial charge on any atom is -0.491 e. The normalized spacial score (nSPS) is 11.0. The van der Waals surface area contributed by atoms with Gasteiger partial charge in [0.05, 0.1) is 30.6 Å². The zero-order chi connectivity index (χ0) is 30.9. The van der Waals surface area contributed by atoms with E-state index in [1.165, 1.54) is 0 Å². The molecule has 1 aromatic heterocycles. The second-order valence-corrected chi connectivity index (χ2v) is 11.1. The molecule has 5 rings (SSSR count). The van der Waals surface area contributed by atoms with E-state index in [1.807, 2.05) is 70.2 Å². The van der Waals surface area contributed by atoms with Crippen LogP contribution in [0.4, 0.5) is 0 Å². The van der Waals surface area contributed by atoms with Gasteiger partial charge in [0.25, 0.3) is 0 Å². The molecule has 44 heavy (non-hydrogen) atoms. The summed E-state index contributed by atoms with van der Waals surface area (Å²) in [6.07, 6.45) is 1.04. The first-order chi connectivity index (χ1) is 21.4. The van der Waals surface area contributed by atoms with Crippen LogP contribution in [-0.2, 0) is 29.1 Å². The van der Waals surface area contributed by atoms with Crippen LogP contribution < -0.4 is 9.47 Å². The standard InChI is InChI=1S/C38H40N2O4/c1-5-42-38(41)21-19-30-18-20-34(22-28(30)4)43-26-29-16-17-33(37(23-29)44-27(2)3)25-40-36(32-14-10-7-11-15-32)24-35(39-40)31-12-8-6-9-13-31/h6-18,20,22-24,27H,5,19,21,25-26H2,1-4H3. The summed E-state index contributed by atoms with van der Waals surface area (Å²) in [6.45, 7) is 9.31. The van der Waals surface area contributed by atoms with E-state index in [1.54, 1.807) is 0 Å². The van der Waals surface area contributed by atoms with E-state index in [0.717, 1.165) is 56.3 Å². The monoisotopic (exact) mass is 588 g/mol. The van der Waals surface area contributed by atoms with E-state index in [4.69, 9.17) is 19.3 Å². The third-order valence-corrected chi connectivity index (χ3v) is 7.36. The van der Waals surface area contributed by atoms with Crippen molar-refractivity contribution in [2.75, 3.05) is 6.61 Å². The van der Waals surface area contributed by atoms with Crippen LogP contribution in [0.2, 0.25) is 0 Å². The summed E-state index contributed by atoms with van der Waals surface area (Å²) >= 11 is 0. The lowest BCUT2D eigenvalue weighted by Crippen LogP contribution is -2.11. The zero-order valence-corrected chi connectivity index (χ0v) is 26.0. The van der Waals surface area contributed by atoms with Crippen LogP contribution in [0.15, 0.2) is 103 Å². The number of hydrogen-bond donors (Lipinski definition) is 0. The highest BCUT2D eigenvalue weighted by atomic mass is 16.5. The molecule has 226 valence electrons. The zero-order valence-electron chi connectivity index (χ0n) is 26.0. The van der Waals surface area contributed by atoms with Gasteiger partial charge in [-0.25, -0.2) is 0 Å². The highest BCUT2D eigenvalue weighted by molar-refractivity contribution is 5.70. The summed E-state index contributed by atoms with van der Waals surface area (Å²) in [6, 6.07) is 35.0. The number of rotatable bonds is 13. The third kappa shape index (κ3) is 7.95. The minimum absolute atomic E-state index is 0.0146. The number of benzene rings is 4. The van der Waals surface area contributed by atoms with Crippen molar-refractivity contribution in [3.05, 3.63) is 125 Å². The first kappa shape index (κ1) is 30.6. The van der Waals surface area contributed by atoms with E-state index in [-0.39, 0.29) is 12.1 Å². The van der Waals surface area contributed by atoms with Crippen molar-refractivity contribution in [3.8, 4) is 34.0 Å². The molecular formula is C38H40N2O4. The van der Waals surface area contributed by atoms with E-state index in [2.05, 4.69) is 65.3 Å². The Hall–Kier alpha value is -4.84. The average Bonchev–Trinajstić information content (AvgIpc) is 3.45. The van der Waals surface area contributed by atoms with Gasteiger partial charge in [-0.2, -0.15) is 5.10 Å². The third-order valence-electron chi connectivity index (χ3n) is 7.36. The van der Waals surface area contributed by atoms with Gasteiger partial charge in [0.1, 0.15) is 18.1 Å². The molecule has 0 atom stereocenters. The number of carbonyl (C=O) groups excluding carboxylic acids is 1. The van der Waals surface area contributed by atoms with Crippen LogP contribution >= 0.6 is 0 Å². The largest absolute Gasteiger partial charge is 0.491 e. The molecule has 0 radical (unpaired) electrons. The molecule has 0 saturated heterocycles. The van der Waals surface area contributed by atoms with E-state index in [0.29, 0.717) is 32.6 Å². The van der Waals surface area contributed by atoms with Crippen LogP contribution in [0.25, 0.3) is 22.5 Å². The topological polar surface area (TPSA) is 62.6 Å². The highest BCUT2D eigenvalue weighted by Crippen LogP contribution is 2.30. The van der Waals surface area contributed by atoms with Gasteiger partial charge in [0, 0.05) is 17.5 Å². The molecule has 5 aromatic rings. The molecule has 0 unspecified atom stereocenters. The van der Waals surface area contributed by atoms with Gasteiger partial charge >= 0.3 is 5.97 Å². The Bertz CT molecular complexity index is 1680. The molecule has 0 bridgehead atoms. The summed E-state index contributed by atoms with van der Waals surface area (Å²) in [7, 11) is 0. The molecule has 0 spiro atoms. The second-order valence-electron chi connectivity index (χ2n) is 11.1. The lowest BCUT2D eigenvalue weighted by Gasteiger charge is -2.17. The Morgan fingerprint density at radius 3 is 2.23 bits per heavy atom. The number of esters is 1. The van der Waals surface area contributed by atoms with Crippen LogP contribution in [0, 0.1) is 6.92 Å². The predicted octanol–water partition coefficient (Wildman–Crippen LogP) is 8.44. The van der Waals surface area contributed by atoms with E-state index < -0.39 is 0 Å². The van der Waals surface area contributed by atoms with E-state index in [9.17, 15) is 4.79 Å². The minimum atomic E-state index is -0.171. The molecule has 0 aliphatic rings. The van der Waals surface area contributed by atoms with Gasteiger partial charge < -0.3 is 14.2 Å². The molecule has 6 heteroatoms. The Labute approximate surface area is 260 Å². The first-order valence-corrected chi connectivity index (χ1v) is 15.2. The Morgan fingerprint density at radius 2 is 1.55 bits per heavy atom. The molecule has 0 fully saturated rings. The number of ether oxygens (including phenoxy) is 3. The fourth-order valence-corrected chi connectivity index (χ4v) is 5.15. The van der Waals surface area contributed by atoms with Crippen LogP contribution in [-0.4, -0.2) is 28.5 Å². The van der Waals surface area contributed by atoms with Crippen LogP contribution in [0.5, 0.6) is 11.5 Å². The maximum absolute atomic E-state index is 11.8.